The Hall–Kier alpha value is -4.15. The second-order valence-corrected chi connectivity index (χ2v) is 14.2. The number of carbonyl (C=O) groups is 1. The number of nitrogens with zero attached hydrogens (tertiary/aromatic N) is 7. The SMILES string of the molecule is CO[C@@H]1[C@H](CC(=O)NC[C@H]2O[C@@H](n3cnc4c(N)ncnc43)[C@H](F)[C@@H]2OP(=O)(O)OC(C)C)[C@@H](COC(C)C)O[C@H]1n1cnc2c(=O)[nH]c(N)nc21. The molecule has 0 aromatic carbocycles. The van der Waals surface area contributed by atoms with Crippen molar-refractivity contribution in [3.05, 3.63) is 29.3 Å². The molecule has 0 saturated carbocycles. The van der Waals surface area contributed by atoms with Gasteiger partial charge in [-0.2, -0.15) is 4.98 Å². The first-order valence-electron chi connectivity index (χ1n) is 16.4. The van der Waals surface area contributed by atoms with Crippen LogP contribution in [0.2, 0.25) is 0 Å². The van der Waals surface area contributed by atoms with E-state index in [4.69, 9.17) is 39.5 Å². The maximum absolute atomic E-state index is 16.2. The largest absolute Gasteiger partial charge is 0.472 e. The smallest absolute Gasteiger partial charge is 0.382 e. The normalized spacial score (nSPS) is 27.6. The van der Waals surface area contributed by atoms with Crippen molar-refractivity contribution in [1.29, 1.82) is 0 Å². The van der Waals surface area contributed by atoms with E-state index in [1.807, 2.05) is 13.8 Å². The number of methoxy groups -OCH3 is 1. The summed E-state index contributed by atoms with van der Waals surface area (Å²) in [6.45, 7) is 6.47. The van der Waals surface area contributed by atoms with Crippen LogP contribution in [0.25, 0.3) is 22.3 Å². The van der Waals surface area contributed by atoms with Crippen LogP contribution in [0.1, 0.15) is 46.6 Å². The van der Waals surface area contributed by atoms with Crippen molar-refractivity contribution in [2.75, 3.05) is 31.7 Å². The van der Waals surface area contributed by atoms with Gasteiger partial charge in [-0.3, -0.25) is 32.8 Å². The summed E-state index contributed by atoms with van der Waals surface area (Å²) in [4.78, 5) is 59.4. The van der Waals surface area contributed by atoms with Crippen LogP contribution < -0.4 is 22.3 Å². The van der Waals surface area contributed by atoms with E-state index in [1.54, 1.807) is 0 Å². The number of amides is 1. The fourth-order valence-electron chi connectivity index (χ4n) is 6.33. The number of phosphoric acid groups is 1. The predicted octanol–water partition coefficient (Wildman–Crippen LogP) is 0.730. The van der Waals surface area contributed by atoms with Gasteiger partial charge < -0.3 is 40.6 Å². The minimum atomic E-state index is -4.79. The fraction of sp³-hybridized carbons (Fsp3) is 0.621. The van der Waals surface area contributed by atoms with Gasteiger partial charge in [0.1, 0.15) is 30.2 Å². The van der Waals surface area contributed by atoms with Crippen LogP contribution in [-0.4, -0.2) is 113 Å². The number of carbonyl (C=O) groups excluding carboxylic acids is 1. The number of hydrogen-bond donors (Lipinski definition) is 5. The molecule has 9 atom stereocenters. The molecule has 7 N–H and O–H groups in total. The number of nitrogen functional groups attached to an aromatic ring is 2. The van der Waals surface area contributed by atoms with Crippen molar-refractivity contribution < 1.29 is 46.6 Å². The number of halogens is 1. The van der Waals surface area contributed by atoms with E-state index in [0.29, 0.717) is 0 Å². The molecule has 4 aromatic heterocycles. The minimum absolute atomic E-state index is 0.0347. The Bertz CT molecular complexity index is 2010. The quantitative estimate of drug-likeness (QED) is 0.111. The zero-order valence-corrected chi connectivity index (χ0v) is 29.8. The number of hydrogen-bond acceptors (Lipinski definition) is 16. The van der Waals surface area contributed by atoms with Crippen molar-refractivity contribution in [1.82, 2.24) is 44.4 Å². The molecule has 6 heterocycles. The number of anilines is 2. The molecule has 21 nitrogen and oxygen atoms in total. The Balaban J connectivity index is 1.22. The number of fused-ring (bicyclic) bond motifs is 2. The zero-order chi connectivity index (χ0) is 37.5. The van der Waals surface area contributed by atoms with E-state index in [1.165, 1.54) is 49.1 Å². The molecule has 0 aliphatic carbocycles. The lowest BCUT2D eigenvalue weighted by Gasteiger charge is -2.25. The standard InChI is InChI=1S/C29H41FN11O10P/c1-12(2)47-8-16-14(21(46-5)28(49-16)41-11-37-20-25(41)38-29(32)39-26(20)43)6-17(42)33-7-15-22(51-52(44,45)50-13(3)4)18(30)27(48-15)40-10-36-19-23(31)34-9-35-24(19)40/h9-16,18,21-22,27-28H,6-8H2,1-5H3,(H,33,42)(H,44,45)(H2,31,34,35)(H3,32,38,39,43)/t14-,15-,16-,18-,21-,22-,27-,28-/m1/s1. The Morgan fingerprint density at radius 1 is 1.04 bits per heavy atom. The van der Waals surface area contributed by atoms with E-state index in [-0.39, 0.29) is 59.8 Å². The van der Waals surface area contributed by atoms with Gasteiger partial charge in [0.25, 0.3) is 5.56 Å². The molecule has 2 aliphatic heterocycles. The van der Waals surface area contributed by atoms with E-state index in [2.05, 4.69) is 35.2 Å². The first kappa shape index (κ1) is 37.6. The third-order valence-corrected chi connectivity index (χ3v) is 9.73. The monoisotopic (exact) mass is 753 g/mol. The summed E-state index contributed by atoms with van der Waals surface area (Å²) < 4.78 is 66.2. The Kier molecular flexibility index (Phi) is 10.9. The number of alkyl halides is 1. The lowest BCUT2D eigenvalue weighted by molar-refractivity contribution is -0.124. The van der Waals surface area contributed by atoms with E-state index < -0.39 is 74.4 Å². The maximum Gasteiger partial charge on any atom is 0.472 e. The molecule has 1 amide bonds. The van der Waals surface area contributed by atoms with Crippen LogP contribution in [0, 0.1) is 5.92 Å². The molecular formula is C29H41FN11O10P. The average molecular weight is 754 g/mol. The highest BCUT2D eigenvalue weighted by Crippen LogP contribution is 2.50. The highest BCUT2D eigenvalue weighted by atomic mass is 31.2. The van der Waals surface area contributed by atoms with Crippen LogP contribution in [0.4, 0.5) is 16.2 Å². The summed E-state index contributed by atoms with van der Waals surface area (Å²) in [6.07, 6.45) is -6.02. The predicted molar refractivity (Wildman–Crippen MR) is 179 cm³/mol. The van der Waals surface area contributed by atoms with Gasteiger partial charge in [-0.15, -0.1) is 0 Å². The second kappa shape index (κ2) is 15.1. The van der Waals surface area contributed by atoms with Gasteiger partial charge in [0.2, 0.25) is 11.9 Å². The summed E-state index contributed by atoms with van der Waals surface area (Å²) in [5.41, 5.74) is 11.7. The van der Waals surface area contributed by atoms with Crippen molar-refractivity contribution in [2.24, 2.45) is 5.92 Å². The van der Waals surface area contributed by atoms with Gasteiger partial charge >= 0.3 is 7.82 Å². The number of H-pyrrole nitrogens is 1. The molecule has 2 aliphatic rings. The lowest BCUT2D eigenvalue weighted by atomic mass is 9.93. The summed E-state index contributed by atoms with van der Waals surface area (Å²) in [5, 5.41) is 2.73. The maximum atomic E-state index is 16.2. The number of aromatic amines is 1. The Morgan fingerprint density at radius 2 is 1.73 bits per heavy atom. The molecule has 284 valence electrons. The zero-order valence-electron chi connectivity index (χ0n) is 28.9. The number of ether oxygens (including phenoxy) is 4. The second-order valence-electron chi connectivity index (χ2n) is 12.9. The van der Waals surface area contributed by atoms with Gasteiger partial charge in [-0.1, -0.05) is 0 Å². The van der Waals surface area contributed by atoms with Gasteiger partial charge in [0, 0.05) is 26.0 Å². The number of nitrogens with two attached hydrogens (primary N) is 2. The molecule has 2 saturated heterocycles. The highest BCUT2D eigenvalue weighted by Gasteiger charge is 2.51. The Morgan fingerprint density at radius 3 is 2.42 bits per heavy atom. The van der Waals surface area contributed by atoms with E-state index >= 15 is 4.39 Å². The van der Waals surface area contributed by atoms with Gasteiger partial charge in [-0.05, 0) is 27.7 Å². The molecule has 6 rings (SSSR count). The molecule has 0 spiro atoms. The Labute approximate surface area is 295 Å². The van der Waals surface area contributed by atoms with Gasteiger partial charge in [0.15, 0.2) is 41.3 Å². The molecule has 4 aromatic rings. The summed E-state index contributed by atoms with van der Waals surface area (Å²) >= 11 is 0. The molecular weight excluding hydrogens is 712 g/mol. The number of nitrogens with one attached hydrogen (secondary N) is 2. The first-order valence-corrected chi connectivity index (χ1v) is 17.9. The van der Waals surface area contributed by atoms with Crippen LogP contribution in [0.3, 0.4) is 0 Å². The van der Waals surface area contributed by atoms with Crippen LogP contribution in [0.15, 0.2) is 23.8 Å². The molecule has 0 bridgehead atoms. The average Bonchev–Trinajstić information content (AvgIpc) is 3.83. The molecule has 2 fully saturated rings. The van der Waals surface area contributed by atoms with Gasteiger partial charge in [0.05, 0.1) is 37.6 Å². The minimum Gasteiger partial charge on any atom is -0.382 e. The van der Waals surface area contributed by atoms with Crippen LogP contribution in [0.5, 0.6) is 0 Å². The number of rotatable bonds is 14. The topological polar surface area (TPSA) is 281 Å². The van der Waals surface area contributed by atoms with Crippen LogP contribution >= 0.6 is 7.82 Å². The molecule has 23 heteroatoms. The third kappa shape index (κ3) is 7.64. The number of phosphoric ester groups is 1. The van der Waals surface area contributed by atoms with Crippen molar-refractivity contribution in [3.8, 4) is 0 Å². The van der Waals surface area contributed by atoms with Crippen molar-refractivity contribution in [3.63, 3.8) is 0 Å². The van der Waals surface area contributed by atoms with Crippen molar-refractivity contribution in [2.45, 2.75) is 89.4 Å². The number of aromatic nitrogens is 8. The summed E-state index contributed by atoms with van der Waals surface area (Å²) in [6, 6.07) is 0. The molecule has 52 heavy (non-hydrogen) atoms. The fourth-order valence-corrected chi connectivity index (χ4v) is 7.47. The summed E-state index contributed by atoms with van der Waals surface area (Å²) in [7, 11) is -3.34. The van der Waals surface area contributed by atoms with Crippen LogP contribution in [-0.2, 0) is 37.4 Å². The van der Waals surface area contributed by atoms with E-state index in [9.17, 15) is 19.0 Å². The number of imidazole rings is 2. The highest BCUT2D eigenvalue weighted by molar-refractivity contribution is 7.47. The summed E-state index contributed by atoms with van der Waals surface area (Å²) in [5.74, 6) is -1.19. The lowest BCUT2D eigenvalue weighted by Crippen LogP contribution is -2.42. The van der Waals surface area contributed by atoms with Gasteiger partial charge in [-0.25, -0.2) is 28.9 Å². The van der Waals surface area contributed by atoms with Crippen molar-refractivity contribution >= 4 is 47.8 Å². The third-order valence-electron chi connectivity index (χ3n) is 8.53. The first-order chi connectivity index (χ1) is 24.7. The molecule has 1 unspecified atom stereocenters. The molecule has 0 radical (unpaired) electrons. The van der Waals surface area contributed by atoms with E-state index in [0.717, 1.165) is 0 Å².